The van der Waals surface area contributed by atoms with E-state index in [4.69, 9.17) is 9.84 Å². The van der Waals surface area contributed by atoms with Crippen molar-refractivity contribution in [2.45, 2.75) is 12.8 Å². The first kappa shape index (κ1) is 15.1. The zero-order chi connectivity index (χ0) is 14.4. The fourth-order valence-electron chi connectivity index (χ4n) is 2.62. The maximum Gasteiger partial charge on any atom is 0.317 e. The number of carboxylic acid groups (broad SMARTS) is 1. The van der Waals surface area contributed by atoms with Crippen molar-refractivity contribution in [3.8, 4) is 0 Å². The molecule has 2 aliphatic heterocycles. The van der Waals surface area contributed by atoms with Gasteiger partial charge in [0.05, 0.1) is 19.1 Å². The van der Waals surface area contributed by atoms with E-state index in [0.717, 1.165) is 39.3 Å². The van der Waals surface area contributed by atoms with Gasteiger partial charge in [0.1, 0.15) is 0 Å². The topological polar surface area (TPSA) is 82.1 Å². The summed E-state index contributed by atoms with van der Waals surface area (Å²) >= 11 is 0. The number of hydrogen-bond donors (Lipinski definition) is 2. The molecule has 0 saturated carbocycles. The Hall–Kier alpha value is -1.34. The van der Waals surface area contributed by atoms with Gasteiger partial charge in [-0.2, -0.15) is 0 Å². The molecule has 2 amide bonds. The summed E-state index contributed by atoms with van der Waals surface area (Å²) < 4.78 is 5.26. The molecule has 2 rings (SSSR count). The van der Waals surface area contributed by atoms with Gasteiger partial charge in [-0.3, -0.25) is 9.69 Å². The van der Waals surface area contributed by atoms with Gasteiger partial charge in [-0.15, -0.1) is 0 Å². The van der Waals surface area contributed by atoms with Gasteiger partial charge in [-0.1, -0.05) is 0 Å². The second kappa shape index (κ2) is 7.44. The summed E-state index contributed by atoms with van der Waals surface area (Å²) in [5, 5.41) is 11.9. The van der Waals surface area contributed by atoms with E-state index < -0.39 is 11.9 Å². The fraction of sp³-hybridized carbons (Fsp3) is 0.846. The second-order valence-electron chi connectivity index (χ2n) is 5.31. The molecule has 0 radical (unpaired) electrons. The van der Waals surface area contributed by atoms with Crippen molar-refractivity contribution in [2.24, 2.45) is 5.92 Å². The number of nitrogens with zero attached hydrogens (tertiary/aromatic N) is 2. The molecule has 0 aromatic heterocycles. The van der Waals surface area contributed by atoms with Crippen molar-refractivity contribution in [1.82, 2.24) is 15.1 Å². The molecular formula is C13H23N3O4. The molecule has 2 N–H and O–H groups in total. The maximum absolute atomic E-state index is 12.0. The molecular weight excluding hydrogens is 262 g/mol. The molecule has 0 aromatic carbocycles. The lowest BCUT2D eigenvalue weighted by atomic mass is 9.99. The van der Waals surface area contributed by atoms with Gasteiger partial charge in [0.2, 0.25) is 0 Å². The van der Waals surface area contributed by atoms with E-state index in [1.807, 2.05) is 0 Å². The standard InChI is InChI=1S/C13H23N3O4/c17-12(18)11-2-1-4-16(10-11)13(19)14-3-5-15-6-8-20-9-7-15/h11H,1-10H2,(H,14,19)(H,17,18)/t11-/m1/s1. The van der Waals surface area contributed by atoms with Crippen LogP contribution in [0.25, 0.3) is 0 Å². The lowest BCUT2D eigenvalue weighted by molar-refractivity contribution is -0.143. The Bertz CT molecular complexity index is 345. The van der Waals surface area contributed by atoms with Gasteiger partial charge in [0.25, 0.3) is 0 Å². The van der Waals surface area contributed by atoms with Gasteiger partial charge in [-0.05, 0) is 12.8 Å². The van der Waals surface area contributed by atoms with E-state index in [9.17, 15) is 9.59 Å². The van der Waals surface area contributed by atoms with E-state index in [-0.39, 0.29) is 6.03 Å². The van der Waals surface area contributed by atoms with Crippen LogP contribution in [0.15, 0.2) is 0 Å². The number of carboxylic acids is 1. The van der Waals surface area contributed by atoms with Crippen molar-refractivity contribution in [3.05, 3.63) is 0 Å². The van der Waals surface area contributed by atoms with E-state index in [1.54, 1.807) is 4.90 Å². The van der Waals surface area contributed by atoms with Gasteiger partial charge >= 0.3 is 12.0 Å². The number of piperidine rings is 1. The normalized spacial score (nSPS) is 24.4. The predicted molar refractivity (Wildman–Crippen MR) is 72.6 cm³/mol. The van der Waals surface area contributed by atoms with E-state index in [1.165, 1.54) is 0 Å². The third kappa shape index (κ3) is 4.35. The Morgan fingerprint density at radius 3 is 2.70 bits per heavy atom. The van der Waals surface area contributed by atoms with E-state index in [0.29, 0.717) is 26.1 Å². The highest BCUT2D eigenvalue weighted by molar-refractivity contribution is 5.76. The summed E-state index contributed by atoms with van der Waals surface area (Å²) in [7, 11) is 0. The van der Waals surface area contributed by atoms with Crippen molar-refractivity contribution < 1.29 is 19.4 Å². The molecule has 2 heterocycles. The highest BCUT2D eigenvalue weighted by Gasteiger charge is 2.27. The molecule has 7 nitrogen and oxygen atoms in total. The SMILES string of the molecule is O=C(O)[C@@H]1CCCN(C(=O)NCCN2CCOCC2)C1. The first-order chi connectivity index (χ1) is 9.66. The molecule has 0 aromatic rings. The average Bonchev–Trinajstić information content (AvgIpc) is 2.48. The van der Waals surface area contributed by atoms with Crippen LogP contribution in [0.4, 0.5) is 4.79 Å². The third-order valence-corrected chi connectivity index (χ3v) is 3.87. The highest BCUT2D eigenvalue weighted by Crippen LogP contribution is 2.16. The molecule has 0 aliphatic carbocycles. The molecule has 2 fully saturated rings. The van der Waals surface area contributed by atoms with Gasteiger partial charge in [-0.25, -0.2) is 4.79 Å². The zero-order valence-corrected chi connectivity index (χ0v) is 11.7. The second-order valence-corrected chi connectivity index (χ2v) is 5.31. The highest BCUT2D eigenvalue weighted by atomic mass is 16.5. The zero-order valence-electron chi connectivity index (χ0n) is 11.7. The van der Waals surface area contributed by atoms with Gasteiger partial charge in [0, 0.05) is 39.3 Å². The molecule has 1 atom stereocenters. The monoisotopic (exact) mass is 285 g/mol. The number of likely N-dealkylation sites (tertiary alicyclic amines) is 1. The molecule has 2 aliphatic rings. The number of nitrogens with one attached hydrogen (secondary N) is 1. The van der Waals surface area contributed by atoms with Gasteiger partial charge in [0.15, 0.2) is 0 Å². The number of carbonyl (C=O) groups excluding carboxylic acids is 1. The van der Waals surface area contributed by atoms with Crippen LogP contribution < -0.4 is 5.32 Å². The Balaban J connectivity index is 1.67. The van der Waals surface area contributed by atoms with Gasteiger partial charge < -0.3 is 20.1 Å². The molecule has 2 saturated heterocycles. The molecule has 0 unspecified atom stereocenters. The summed E-state index contributed by atoms with van der Waals surface area (Å²) in [6.07, 6.45) is 1.42. The molecule has 114 valence electrons. The summed E-state index contributed by atoms with van der Waals surface area (Å²) in [5.74, 6) is -1.23. The predicted octanol–water partition coefficient (Wildman–Crippen LogP) is -0.175. The first-order valence-corrected chi connectivity index (χ1v) is 7.22. The molecule has 0 bridgehead atoms. The Kier molecular flexibility index (Phi) is 5.60. The van der Waals surface area contributed by atoms with E-state index >= 15 is 0 Å². The minimum Gasteiger partial charge on any atom is -0.481 e. The number of rotatable bonds is 4. The van der Waals surface area contributed by atoms with Crippen molar-refractivity contribution in [1.29, 1.82) is 0 Å². The molecule has 20 heavy (non-hydrogen) atoms. The lowest BCUT2D eigenvalue weighted by Crippen LogP contribution is -2.49. The maximum atomic E-state index is 12.0. The summed E-state index contributed by atoms with van der Waals surface area (Å²) in [6.45, 7) is 5.67. The third-order valence-electron chi connectivity index (χ3n) is 3.87. The molecule has 7 heteroatoms. The minimum absolute atomic E-state index is 0.149. The Labute approximate surface area is 118 Å². The van der Waals surface area contributed by atoms with Crippen LogP contribution in [0.5, 0.6) is 0 Å². The number of aliphatic carboxylic acids is 1. The van der Waals surface area contributed by atoms with Crippen LogP contribution in [-0.2, 0) is 9.53 Å². The van der Waals surface area contributed by atoms with Crippen LogP contribution in [-0.4, -0.2) is 79.4 Å². The van der Waals surface area contributed by atoms with Crippen molar-refractivity contribution in [2.75, 3.05) is 52.5 Å². The Morgan fingerprint density at radius 2 is 2.00 bits per heavy atom. The summed E-state index contributed by atoms with van der Waals surface area (Å²) in [4.78, 5) is 26.8. The fourth-order valence-corrected chi connectivity index (χ4v) is 2.62. The van der Waals surface area contributed by atoms with Crippen molar-refractivity contribution in [3.63, 3.8) is 0 Å². The number of amides is 2. The average molecular weight is 285 g/mol. The lowest BCUT2D eigenvalue weighted by Gasteiger charge is -2.31. The number of ether oxygens (including phenoxy) is 1. The smallest absolute Gasteiger partial charge is 0.317 e. The quantitative estimate of drug-likeness (QED) is 0.749. The first-order valence-electron chi connectivity index (χ1n) is 7.22. The van der Waals surface area contributed by atoms with Crippen LogP contribution in [0.3, 0.4) is 0 Å². The number of morpholine rings is 1. The van der Waals surface area contributed by atoms with Crippen LogP contribution in [0, 0.1) is 5.92 Å². The largest absolute Gasteiger partial charge is 0.481 e. The van der Waals surface area contributed by atoms with Crippen LogP contribution >= 0.6 is 0 Å². The molecule has 0 spiro atoms. The summed E-state index contributed by atoms with van der Waals surface area (Å²) in [6, 6.07) is -0.149. The number of hydrogen-bond acceptors (Lipinski definition) is 4. The minimum atomic E-state index is -0.809. The summed E-state index contributed by atoms with van der Waals surface area (Å²) in [5.41, 5.74) is 0. The number of urea groups is 1. The van der Waals surface area contributed by atoms with E-state index in [2.05, 4.69) is 10.2 Å². The van der Waals surface area contributed by atoms with Crippen LogP contribution in [0.1, 0.15) is 12.8 Å². The Morgan fingerprint density at radius 1 is 1.25 bits per heavy atom. The van der Waals surface area contributed by atoms with Crippen molar-refractivity contribution >= 4 is 12.0 Å². The van der Waals surface area contributed by atoms with Crippen LogP contribution in [0.2, 0.25) is 0 Å². The number of carbonyl (C=O) groups is 2.